The molecular formula is C10H14N4S. The molecule has 0 aromatic carbocycles. The summed E-state index contributed by atoms with van der Waals surface area (Å²) in [5.74, 6) is 1.82. The van der Waals surface area contributed by atoms with Gasteiger partial charge in [0.25, 0.3) is 0 Å². The number of aromatic nitrogens is 3. The zero-order chi connectivity index (χ0) is 10.7. The Labute approximate surface area is 92.8 Å². The molecule has 0 atom stereocenters. The molecule has 2 aromatic rings. The molecule has 0 spiro atoms. The Bertz CT molecular complexity index is 419. The molecule has 0 saturated heterocycles. The van der Waals surface area contributed by atoms with Gasteiger partial charge in [-0.2, -0.15) is 5.10 Å². The maximum absolute atomic E-state index is 5.47. The fourth-order valence-corrected chi connectivity index (χ4v) is 2.06. The molecule has 0 bridgehead atoms. The normalized spacial score (nSPS) is 10.8. The molecule has 2 heterocycles. The summed E-state index contributed by atoms with van der Waals surface area (Å²) >= 11 is 1.66. The lowest BCUT2D eigenvalue weighted by atomic mass is 10.3. The number of aryl methyl sites for hydroxylation is 2. The van der Waals surface area contributed by atoms with Gasteiger partial charge in [0.1, 0.15) is 5.82 Å². The predicted octanol–water partition coefficient (Wildman–Crippen LogP) is 1.43. The van der Waals surface area contributed by atoms with Gasteiger partial charge < -0.3 is 5.73 Å². The van der Waals surface area contributed by atoms with E-state index >= 15 is 0 Å². The van der Waals surface area contributed by atoms with E-state index in [4.69, 9.17) is 5.73 Å². The van der Waals surface area contributed by atoms with Crippen molar-refractivity contribution in [3.8, 4) is 10.7 Å². The van der Waals surface area contributed by atoms with E-state index in [0.29, 0.717) is 6.54 Å². The van der Waals surface area contributed by atoms with Crippen molar-refractivity contribution in [2.75, 3.05) is 6.54 Å². The van der Waals surface area contributed by atoms with Crippen molar-refractivity contribution in [3.63, 3.8) is 0 Å². The SMILES string of the molecule is Cn1nc(-c2cccs2)nc1CCCN. The van der Waals surface area contributed by atoms with Gasteiger partial charge in [-0.05, 0) is 24.4 Å². The third-order valence-corrected chi connectivity index (χ3v) is 3.07. The molecule has 4 nitrogen and oxygen atoms in total. The van der Waals surface area contributed by atoms with Crippen molar-refractivity contribution in [1.82, 2.24) is 14.8 Å². The summed E-state index contributed by atoms with van der Waals surface area (Å²) in [4.78, 5) is 5.61. The molecule has 0 fully saturated rings. The first-order chi connectivity index (χ1) is 7.31. The molecule has 0 aliphatic heterocycles. The van der Waals surface area contributed by atoms with Crippen molar-refractivity contribution in [3.05, 3.63) is 23.3 Å². The minimum absolute atomic E-state index is 0.696. The molecule has 0 unspecified atom stereocenters. The fraction of sp³-hybridized carbons (Fsp3) is 0.400. The van der Waals surface area contributed by atoms with Crippen LogP contribution >= 0.6 is 11.3 Å². The van der Waals surface area contributed by atoms with Gasteiger partial charge in [0.2, 0.25) is 0 Å². The van der Waals surface area contributed by atoms with Crippen molar-refractivity contribution in [2.45, 2.75) is 12.8 Å². The number of thiophene rings is 1. The number of rotatable bonds is 4. The highest BCUT2D eigenvalue weighted by Gasteiger charge is 2.08. The highest BCUT2D eigenvalue weighted by Crippen LogP contribution is 2.21. The molecule has 0 aliphatic carbocycles. The van der Waals surface area contributed by atoms with Crippen LogP contribution in [0.25, 0.3) is 10.7 Å². The summed E-state index contributed by atoms with van der Waals surface area (Å²) in [6, 6.07) is 4.04. The molecule has 0 amide bonds. The Morgan fingerprint density at radius 3 is 3.07 bits per heavy atom. The van der Waals surface area contributed by atoms with Gasteiger partial charge in [-0.3, -0.25) is 4.68 Å². The summed E-state index contributed by atoms with van der Waals surface area (Å²) in [5, 5.41) is 6.41. The van der Waals surface area contributed by atoms with Gasteiger partial charge in [0.15, 0.2) is 5.82 Å². The molecule has 15 heavy (non-hydrogen) atoms. The third-order valence-electron chi connectivity index (χ3n) is 2.20. The Kier molecular flexibility index (Phi) is 3.13. The minimum atomic E-state index is 0.696. The number of nitrogens with zero attached hydrogens (tertiary/aromatic N) is 3. The summed E-state index contributed by atoms with van der Waals surface area (Å²) in [5.41, 5.74) is 5.47. The van der Waals surface area contributed by atoms with E-state index < -0.39 is 0 Å². The summed E-state index contributed by atoms with van der Waals surface area (Å²) in [6.07, 6.45) is 1.85. The van der Waals surface area contributed by atoms with E-state index in [1.165, 1.54) is 0 Å². The van der Waals surface area contributed by atoms with E-state index in [0.717, 1.165) is 29.4 Å². The quantitative estimate of drug-likeness (QED) is 0.851. The molecule has 5 heteroatoms. The molecule has 0 saturated carbocycles. The highest BCUT2D eigenvalue weighted by atomic mass is 32.1. The lowest BCUT2D eigenvalue weighted by molar-refractivity contribution is 0.675. The van der Waals surface area contributed by atoms with Crippen LogP contribution in [0.5, 0.6) is 0 Å². The standard InChI is InChI=1S/C10H14N4S/c1-14-9(5-2-6-11)12-10(13-14)8-4-3-7-15-8/h3-4,7H,2,5-6,11H2,1H3. The van der Waals surface area contributed by atoms with Crippen LogP contribution in [0.3, 0.4) is 0 Å². The van der Waals surface area contributed by atoms with E-state index in [9.17, 15) is 0 Å². The van der Waals surface area contributed by atoms with Gasteiger partial charge in [0.05, 0.1) is 4.88 Å². The molecular weight excluding hydrogens is 208 g/mol. The molecule has 0 aliphatic rings. The van der Waals surface area contributed by atoms with Crippen LogP contribution in [0.2, 0.25) is 0 Å². The lowest BCUT2D eigenvalue weighted by Gasteiger charge is -1.96. The average molecular weight is 222 g/mol. The first-order valence-corrected chi connectivity index (χ1v) is 5.83. The molecule has 2 rings (SSSR count). The van der Waals surface area contributed by atoms with Gasteiger partial charge in [-0.1, -0.05) is 6.07 Å². The Balaban J connectivity index is 2.21. The maximum atomic E-state index is 5.47. The van der Waals surface area contributed by atoms with E-state index in [1.54, 1.807) is 11.3 Å². The van der Waals surface area contributed by atoms with E-state index in [2.05, 4.69) is 10.1 Å². The van der Waals surface area contributed by atoms with Crippen molar-refractivity contribution in [2.24, 2.45) is 12.8 Å². The van der Waals surface area contributed by atoms with Crippen LogP contribution in [-0.4, -0.2) is 21.3 Å². The number of hydrogen-bond acceptors (Lipinski definition) is 4. The first kappa shape index (κ1) is 10.3. The first-order valence-electron chi connectivity index (χ1n) is 4.95. The second-order valence-corrected chi connectivity index (χ2v) is 4.29. The molecule has 80 valence electrons. The van der Waals surface area contributed by atoms with Gasteiger partial charge >= 0.3 is 0 Å². The second-order valence-electron chi connectivity index (χ2n) is 3.34. The van der Waals surface area contributed by atoms with Crippen LogP contribution < -0.4 is 5.73 Å². The van der Waals surface area contributed by atoms with E-state index in [1.807, 2.05) is 29.2 Å². The van der Waals surface area contributed by atoms with Crippen molar-refractivity contribution in [1.29, 1.82) is 0 Å². The van der Waals surface area contributed by atoms with Crippen LogP contribution in [-0.2, 0) is 13.5 Å². The maximum Gasteiger partial charge on any atom is 0.191 e. The zero-order valence-corrected chi connectivity index (χ0v) is 9.50. The van der Waals surface area contributed by atoms with Gasteiger partial charge in [0, 0.05) is 13.5 Å². The Hall–Kier alpha value is -1.20. The lowest BCUT2D eigenvalue weighted by Crippen LogP contribution is -2.04. The van der Waals surface area contributed by atoms with Crippen LogP contribution in [0.4, 0.5) is 0 Å². The zero-order valence-electron chi connectivity index (χ0n) is 8.68. The Morgan fingerprint density at radius 1 is 1.53 bits per heavy atom. The number of hydrogen-bond donors (Lipinski definition) is 1. The predicted molar refractivity (Wildman–Crippen MR) is 61.7 cm³/mol. The van der Waals surface area contributed by atoms with Crippen LogP contribution in [0, 0.1) is 0 Å². The summed E-state index contributed by atoms with van der Waals surface area (Å²) in [6.45, 7) is 0.696. The summed E-state index contributed by atoms with van der Waals surface area (Å²) < 4.78 is 1.84. The summed E-state index contributed by atoms with van der Waals surface area (Å²) in [7, 11) is 1.93. The highest BCUT2D eigenvalue weighted by molar-refractivity contribution is 7.13. The smallest absolute Gasteiger partial charge is 0.191 e. The minimum Gasteiger partial charge on any atom is -0.330 e. The van der Waals surface area contributed by atoms with Gasteiger partial charge in [-0.15, -0.1) is 11.3 Å². The Morgan fingerprint density at radius 2 is 2.40 bits per heavy atom. The van der Waals surface area contributed by atoms with Crippen molar-refractivity contribution < 1.29 is 0 Å². The topological polar surface area (TPSA) is 56.7 Å². The monoisotopic (exact) mass is 222 g/mol. The van der Waals surface area contributed by atoms with Crippen molar-refractivity contribution >= 4 is 11.3 Å². The van der Waals surface area contributed by atoms with Crippen LogP contribution in [0.1, 0.15) is 12.2 Å². The van der Waals surface area contributed by atoms with Crippen LogP contribution in [0.15, 0.2) is 17.5 Å². The molecule has 2 N–H and O–H groups in total. The fourth-order valence-electron chi connectivity index (χ4n) is 1.40. The van der Waals surface area contributed by atoms with Gasteiger partial charge in [-0.25, -0.2) is 4.98 Å². The largest absolute Gasteiger partial charge is 0.330 e. The third kappa shape index (κ3) is 2.24. The number of nitrogens with two attached hydrogens (primary N) is 1. The van der Waals surface area contributed by atoms with E-state index in [-0.39, 0.29) is 0 Å². The molecule has 2 aromatic heterocycles. The molecule has 0 radical (unpaired) electrons. The second kappa shape index (κ2) is 4.55. The average Bonchev–Trinajstić information content (AvgIpc) is 2.83.